The number of rotatable bonds is 2. The van der Waals surface area contributed by atoms with Gasteiger partial charge in [-0.05, 0) is 85.5 Å². The van der Waals surface area contributed by atoms with E-state index in [2.05, 4.69) is 30.7 Å². The number of allylic oxidation sites excluding steroid dienone is 1. The maximum Gasteiger partial charge on any atom is 0.218 e. The van der Waals surface area contributed by atoms with Gasteiger partial charge in [0.15, 0.2) is 0 Å². The quantitative estimate of drug-likeness (QED) is 0.531. The Hall–Kier alpha value is -2.03. The van der Waals surface area contributed by atoms with Crippen LogP contribution < -0.4 is 0 Å². The molecule has 3 saturated carbocycles. The van der Waals surface area contributed by atoms with E-state index < -0.39 is 33.9 Å². The molecular weight excluding hydrogens is 470 g/mol. The topological polar surface area (TPSA) is 75.3 Å². The summed E-state index contributed by atoms with van der Waals surface area (Å²) in [6.07, 6.45) is 7.03. The summed E-state index contributed by atoms with van der Waals surface area (Å²) in [5, 5.41) is 26.8. The fourth-order valence-electron chi connectivity index (χ4n) is 8.41. The van der Waals surface area contributed by atoms with E-state index in [-0.39, 0.29) is 23.2 Å². The average molecular weight is 501 g/mol. The van der Waals surface area contributed by atoms with Crippen LogP contribution in [0.1, 0.15) is 57.2 Å². The van der Waals surface area contributed by atoms with E-state index in [9.17, 15) is 23.8 Å². The van der Waals surface area contributed by atoms with Gasteiger partial charge in [0.05, 0.1) is 23.7 Å². The third-order valence-corrected chi connectivity index (χ3v) is 10.4. The van der Waals surface area contributed by atoms with Crippen LogP contribution in [0.5, 0.6) is 0 Å². The second-order valence-electron chi connectivity index (χ2n) is 11.6. The van der Waals surface area contributed by atoms with Crippen LogP contribution in [0.4, 0.5) is 8.78 Å². The van der Waals surface area contributed by atoms with Gasteiger partial charge >= 0.3 is 0 Å². The van der Waals surface area contributed by atoms with Gasteiger partial charge < -0.3 is 10.2 Å². The second kappa shape index (κ2) is 7.49. The van der Waals surface area contributed by atoms with E-state index >= 15 is 0 Å². The molecule has 0 unspecified atom stereocenters. The Morgan fingerprint density at radius 2 is 1.91 bits per heavy atom. The minimum Gasteiger partial charge on any atom is -0.393 e. The molecule has 1 aromatic carbocycles. The maximum atomic E-state index is 13.9. The normalized spacial score (nSPS) is 39.8. The maximum absolute atomic E-state index is 13.9. The predicted molar refractivity (Wildman–Crippen MR) is 130 cm³/mol. The van der Waals surface area contributed by atoms with Gasteiger partial charge in [-0.3, -0.25) is 4.79 Å². The summed E-state index contributed by atoms with van der Waals surface area (Å²) in [7, 11) is 0. The summed E-state index contributed by atoms with van der Waals surface area (Å²) in [6.45, 7) is 4.15. The molecule has 1 aromatic heterocycles. The number of carbonyl (C=O) groups excluding carboxylic acids is 1. The highest BCUT2D eigenvalue weighted by Crippen LogP contribution is 2.67. The van der Waals surface area contributed by atoms with Gasteiger partial charge in [-0.25, -0.2) is 13.5 Å². The standard InChI is InChI=1S/C27H30F2N2O3S/c1-25-11-14-13-30-31(18-9-16(28)8-17(29)10-18)21(14)7-15(25)3-4-19-20-5-6-27(34,24(33)35)26(20,2)12-22(32)23(19)25/h7-10,13,19-20,22-23,32,34H,3-6,11-12H2,1-2H3,(H,33,35)/t19-,20-,22-,23+,25-,26-,27-/m1/s1. The lowest BCUT2D eigenvalue weighted by Crippen LogP contribution is -2.61. The van der Waals surface area contributed by atoms with E-state index in [1.54, 1.807) is 10.9 Å². The zero-order chi connectivity index (χ0) is 24.9. The average Bonchev–Trinajstić information content (AvgIpc) is 3.29. The molecular formula is C27H30F2N2O3S. The van der Waals surface area contributed by atoms with Crippen molar-refractivity contribution in [1.29, 1.82) is 0 Å². The fourth-order valence-corrected chi connectivity index (χ4v) is 8.78. The first-order valence-corrected chi connectivity index (χ1v) is 12.8. The molecule has 3 fully saturated rings. The van der Waals surface area contributed by atoms with Crippen LogP contribution in [0.2, 0.25) is 0 Å². The number of hydrogen-bond donors (Lipinski definition) is 3. The first kappa shape index (κ1) is 23.4. The van der Waals surface area contributed by atoms with Gasteiger partial charge in [0.2, 0.25) is 5.12 Å². The van der Waals surface area contributed by atoms with Crippen LogP contribution in [0, 0.1) is 40.2 Å². The van der Waals surface area contributed by atoms with Crippen molar-refractivity contribution in [3.05, 3.63) is 52.9 Å². The number of thiol groups is 1. The van der Waals surface area contributed by atoms with Crippen molar-refractivity contribution in [2.75, 3.05) is 0 Å². The molecule has 2 N–H and O–H groups in total. The van der Waals surface area contributed by atoms with Gasteiger partial charge in [-0.2, -0.15) is 5.10 Å². The highest BCUT2D eigenvalue weighted by atomic mass is 32.1. The zero-order valence-electron chi connectivity index (χ0n) is 19.8. The molecule has 8 heteroatoms. The number of hydrogen-bond acceptors (Lipinski definition) is 4. The van der Waals surface area contributed by atoms with Crippen molar-refractivity contribution in [3.8, 4) is 5.69 Å². The Balaban J connectivity index is 1.39. The molecule has 7 atom stereocenters. The molecule has 0 aliphatic heterocycles. The van der Waals surface area contributed by atoms with Gasteiger partial charge in [0.25, 0.3) is 0 Å². The Morgan fingerprint density at radius 1 is 1.20 bits per heavy atom. The lowest BCUT2D eigenvalue weighted by Gasteiger charge is -2.60. The van der Waals surface area contributed by atoms with Crippen molar-refractivity contribution in [3.63, 3.8) is 0 Å². The van der Waals surface area contributed by atoms with Crippen LogP contribution in [-0.2, 0) is 11.2 Å². The summed E-state index contributed by atoms with van der Waals surface area (Å²) in [6, 6.07) is 3.39. The molecule has 1 heterocycles. The Morgan fingerprint density at radius 3 is 2.60 bits per heavy atom. The molecule has 0 spiro atoms. The number of carbonyl (C=O) groups is 1. The van der Waals surface area contributed by atoms with E-state index in [0.29, 0.717) is 24.9 Å². The number of halogens is 2. The number of benzene rings is 1. The highest BCUT2D eigenvalue weighted by molar-refractivity contribution is 7.96. The van der Waals surface area contributed by atoms with E-state index in [1.807, 2.05) is 6.92 Å². The Bertz CT molecular complexity index is 1260. The molecule has 35 heavy (non-hydrogen) atoms. The molecule has 2 aromatic rings. The van der Waals surface area contributed by atoms with Gasteiger partial charge in [0, 0.05) is 11.5 Å². The first-order valence-electron chi connectivity index (χ1n) is 12.4. The summed E-state index contributed by atoms with van der Waals surface area (Å²) >= 11 is 4.03. The van der Waals surface area contributed by atoms with E-state index in [4.69, 9.17) is 0 Å². The Kier molecular flexibility index (Phi) is 5.00. The molecule has 0 bridgehead atoms. The van der Waals surface area contributed by atoms with Crippen LogP contribution in [0.3, 0.4) is 0 Å². The zero-order valence-corrected chi connectivity index (χ0v) is 20.7. The summed E-state index contributed by atoms with van der Waals surface area (Å²) < 4.78 is 29.4. The minimum atomic E-state index is -1.51. The number of aromatic nitrogens is 2. The van der Waals surface area contributed by atoms with E-state index in [0.717, 1.165) is 36.6 Å². The monoisotopic (exact) mass is 500 g/mol. The van der Waals surface area contributed by atoms with E-state index in [1.165, 1.54) is 17.7 Å². The van der Waals surface area contributed by atoms with Gasteiger partial charge in [-0.1, -0.05) is 19.4 Å². The fraction of sp³-hybridized carbons (Fsp3) is 0.556. The third kappa shape index (κ3) is 3.05. The SMILES string of the molecule is C[C@@]12Cc3cnn(-c4cc(F)cc(F)c4)c3C=C1CC[C@H]1[C@H]2[C@H](O)C[C@]2(C)[C@@H]1CC[C@@]2(O)C(=O)S. The highest BCUT2D eigenvalue weighted by Gasteiger charge is 2.68. The van der Waals surface area contributed by atoms with Crippen molar-refractivity contribution >= 4 is 23.8 Å². The van der Waals surface area contributed by atoms with Crippen molar-refractivity contribution in [1.82, 2.24) is 9.78 Å². The minimum absolute atomic E-state index is 0.0129. The molecule has 6 rings (SSSR count). The molecule has 5 nitrogen and oxygen atoms in total. The number of aliphatic hydroxyl groups is 2. The molecule has 0 saturated heterocycles. The van der Waals surface area contributed by atoms with Gasteiger partial charge in [0.1, 0.15) is 17.2 Å². The predicted octanol–water partition coefficient (Wildman–Crippen LogP) is 4.49. The smallest absolute Gasteiger partial charge is 0.218 e. The van der Waals surface area contributed by atoms with Crippen LogP contribution in [-0.4, -0.2) is 36.8 Å². The lowest BCUT2D eigenvalue weighted by atomic mass is 9.45. The number of fused-ring (bicyclic) bond motifs is 6. The summed E-state index contributed by atoms with van der Waals surface area (Å²) in [5.41, 5.74) is 0.853. The summed E-state index contributed by atoms with van der Waals surface area (Å²) in [4.78, 5) is 12.4. The molecule has 0 radical (unpaired) electrons. The summed E-state index contributed by atoms with van der Waals surface area (Å²) in [5.74, 6) is -0.998. The largest absolute Gasteiger partial charge is 0.393 e. The first-order chi connectivity index (χ1) is 16.5. The molecule has 0 amide bonds. The molecule has 186 valence electrons. The Labute approximate surface area is 208 Å². The number of aliphatic hydroxyl groups excluding tert-OH is 1. The number of nitrogens with zero attached hydrogens (tertiary/aromatic N) is 2. The third-order valence-electron chi connectivity index (χ3n) is 10.0. The van der Waals surface area contributed by atoms with Gasteiger partial charge in [-0.15, -0.1) is 12.6 Å². The van der Waals surface area contributed by atoms with Crippen LogP contribution in [0.15, 0.2) is 30.0 Å². The lowest BCUT2D eigenvalue weighted by molar-refractivity contribution is -0.173. The van der Waals surface area contributed by atoms with Crippen molar-refractivity contribution in [2.45, 2.75) is 64.1 Å². The molecule has 4 aliphatic rings. The van der Waals surface area contributed by atoms with Crippen LogP contribution >= 0.6 is 12.6 Å². The molecule has 4 aliphatic carbocycles. The van der Waals surface area contributed by atoms with Crippen molar-refractivity contribution < 1.29 is 23.8 Å². The van der Waals surface area contributed by atoms with Crippen LogP contribution in [0.25, 0.3) is 11.8 Å². The second-order valence-corrected chi connectivity index (χ2v) is 12.0. The van der Waals surface area contributed by atoms with Crippen molar-refractivity contribution in [2.24, 2.45) is 28.6 Å².